The van der Waals surface area contributed by atoms with Crippen LogP contribution < -0.4 is 5.32 Å². The molecule has 1 N–H and O–H groups in total. The molecule has 0 radical (unpaired) electrons. The molecule has 0 atom stereocenters. The second-order valence-electron chi connectivity index (χ2n) is 7.17. The molecule has 0 unspecified atom stereocenters. The fourth-order valence-corrected chi connectivity index (χ4v) is 3.66. The minimum Gasteiger partial charge on any atom is -0.366 e. The third kappa shape index (κ3) is 4.12. The third-order valence-electron chi connectivity index (χ3n) is 5.19. The van der Waals surface area contributed by atoms with Crippen molar-refractivity contribution in [3.05, 3.63) is 59.3 Å². The first kappa shape index (κ1) is 17.9. The maximum atomic E-state index is 12.7. The number of anilines is 1. The van der Waals surface area contributed by atoms with Crippen LogP contribution in [0.3, 0.4) is 0 Å². The average molecular weight is 367 g/mol. The van der Waals surface area contributed by atoms with Gasteiger partial charge >= 0.3 is 0 Å². The molecule has 1 spiro atoms. The number of hydrogen-bond acceptors (Lipinski definition) is 5. The Morgan fingerprint density at radius 2 is 1.96 bits per heavy atom. The van der Waals surface area contributed by atoms with Gasteiger partial charge in [0, 0.05) is 38.7 Å². The Morgan fingerprint density at radius 3 is 2.63 bits per heavy atom. The van der Waals surface area contributed by atoms with Gasteiger partial charge < -0.3 is 19.7 Å². The van der Waals surface area contributed by atoms with E-state index in [1.807, 2.05) is 23.1 Å². The predicted octanol–water partition coefficient (Wildman–Crippen LogP) is 2.98. The van der Waals surface area contributed by atoms with Crippen molar-refractivity contribution in [1.82, 2.24) is 9.88 Å². The van der Waals surface area contributed by atoms with E-state index < -0.39 is 5.79 Å². The van der Waals surface area contributed by atoms with Crippen molar-refractivity contribution in [3.63, 3.8) is 0 Å². The fourth-order valence-electron chi connectivity index (χ4n) is 3.66. The Morgan fingerprint density at radius 1 is 1.19 bits per heavy atom. The van der Waals surface area contributed by atoms with Gasteiger partial charge in [-0.25, -0.2) is 4.98 Å². The first-order valence-electron chi connectivity index (χ1n) is 9.46. The molecule has 0 aliphatic carbocycles. The molecule has 142 valence electrons. The number of aryl methyl sites for hydroxylation is 1. The molecule has 1 amide bonds. The largest absolute Gasteiger partial charge is 0.366 e. The molecule has 6 nitrogen and oxygen atoms in total. The van der Waals surface area contributed by atoms with Gasteiger partial charge in [-0.15, -0.1) is 0 Å². The number of benzene rings is 1. The number of nitrogens with zero attached hydrogens (tertiary/aromatic N) is 2. The van der Waals surface area contributed by atoms with E-state index in [4.69, 9.17) is 9.47 Å². The number of pyridine rings is 1. The molecule has 1 aromatic carbocycles. The van der Waals surface area contributed by atoms with Gasteiger partial charge in [-0.2, -0.15) is 0 Å². The van der Waals surface area contributed by atoms with E-state index in [2.05, 4.69) is 35.4 Å². The number of carbonyl (C=O) groups is 1. The Bertz CT molecular complexity index is 791. The van der Waals surface area contributed by atoms with Crippen molar-refractivity contribution < 1.29 is 14.3 Å². The number of ether oxygens (including phenoxy) is 2. The lowest BCUT2D eigenvalue weighted by Crippen LogP contribution is -2.47. The van der Waals surface area contributed by atoms with Gasteiger partial charge in [0.15, 0.2) is 5.79 Å². The van der Waals surface area contributed by atoms with Crippen molar-refractivity contribution in [2.45, 2.75) is 32.1 Å². The summed E-state index contributed by atoms with van der Waals surface area (Å²) in [6.45, 7) is 5.37. The number of carbonyl (C=O) groups excluding carboxylic acids is 1. The number of piperidine rings is 1. The summed E-state index contributed by atoms with van der Waals surface area (Å²) in [5.41, 5.74) is 3.05. The molecule has 2 aliphatic heterocycles. The van der Waals surface area contributed by atoms with Crippen molar-refractivity contribution in [3.8, 4) is 0 Å². The van der Waals surface area contributed by atoms with Gasteiger partial charge in [-0.1, -0.05) is 29.8 Å². The molecule has 2 saturated heterocycles. The van der Waals surface area contributed by atoms with E-state index in [0.29, 0.717) is 38.4 Å². The molecule has 2 fully saturated rings. The summed E-state index contributed by atoms with van der Waals surface area (Å²) in [7, 11) is 0. The molecule has 6 heteroatoms. The number of hydrogen-bond donors (Lipinski definition) is 1. The SMILES string of the molecule is Cc1cccc(CNc2ccc(C(=O)N3CCC4(CC3)OCCO4)cn2)c1. The highest BCUT2D eigenvalue weighted by atomic mass is 16.7. The zero-order chi connectivity index (χ0) is 18.7. The molecule has 2 aromatic rings. The van der Waals surface area contributed by atoms with Gasteiger partial charge in [0.05, 0.1) is 18.8 Å². The Balaban J connectivity index is 1.32. The zero-order valence-electron chi connectivity index (χ0n) is 15.6. The van der Waals surface area contributed by atoms with Gasteiger partial charge in [-0.05, 0) is 24.6 Å². The second-order valence-corrected chi connectivity index (χ2v) is 7.17. The zero-order valence-corrected chi connectivity index (χ0v) is 15.6. The van der Waals surface area contributed by atoms with Crippen LogP contribution in [0.5, 0.6) is 0 Å². The van der Waals surface area contributed by atoms with Crippen LogP contribution in [-0.2, 0) is 16.0 Å². The highest BCUT2D eigenvalue weighted by Gasteiger charge is 2.40. The summed E-state index contributed by atoms with van der Waals surface area (Å²) >= 11 is 0. The van der Waals surface area contributed by atoms with Crippen LogP contribution in [-0.4, -0.2) is 47.9 Å². The van der Waals surface area contributed by atoms with Crippen LogP contribution in [0.15, 0.2) is 42.6 Å². The lowest BCUT2D eigenvalue weighted by molar-refractivity contribution is -0.181. The van der Waals surface area contributed by atoms with E-state index >= 15 is 0 Å². The highest BCUT2D eigenvalue weighted by molar-refractivity contribution is 5.94. The molecule has 2 aliphatic rings. The smallest absolute Gasteiger partial charge is 0.255 e. The molecule has 1 aromatic heterocycles. The molecule has 4 rings (SSSR count). The van der Waals surface area contributed by atoms with Crippen LogP contribution in [0.1, 0.15) is 34.3 Å². The molecular weight excluding hydrogens is 342 g/mol. The summed E-state index contributed by atoms with van der Waals surface area (Å²) in [6, 6.07) is 12.0. The molecule has 27 heavy (non-hydrogen) atoms. The quantitative estimate of drug-likeness (QED) is 0.900. The monoisotopic (exact) mass is 367 g/mol. The summed E-state index contributed by atoms with van der Waals surface area (Å²) in [4.78, 5) is 19.0. The van der Waals surface area contributed by atoms with Gasteiger partial charge in [0.25, 0.3) is 5.91 Å². The number of rotatable bonds is 4. The van der Waals surface area contributed by atoms with Gasteiger partial charge in [-0.3, -0.25) is 4.79 Å². The minimum absolute atomic E-state index is 0.0144. The molecule has 3 heterocycles. The van der Waals surface area contributed by atoms with Crippen LogP contribution in [0.4, 0.5) is 5.82 Å². The standard InChI is InChI=1S/C21H25N3O3/c1-16-3-2-4-17(13-16)14-22-19-6-5-18(15-23-19)20(25)24-9-7-21(8-10-24)26-11-12-27-21/h2-6,13,15H,7-12,14H2,1H3,(H,22,23). The fraction of sp³-hybridized carbons (Fsp3) is 0.429. The van der Waals surface area contributed by atoms with Crippen LogP contribution in [0, 0.1) is 6.92 Å². The second kappa shape index (κ2) is 7.66. The molecular formula is C21H25N3O3. The summed E-state index contributed by atoms with van der Waals surface area (Å²) in [5, 5.41) is 3.30. The molecule has 0 bridgehead atoms. The van der Waals surface area contributed by atoms with Crippen molar-refractivity contribution in [1.29, 1.82) is 0 Å². The Labute approximate surface area is 159 Å². The summed E-state index contributed by atoms with van der Waals surface area (Å²) in [5.74, 6) is 0.317. The topological polar surface area (TPSA) is 63.7 Å². The number of amides is 1. The normalized spacial score (nSPS) is 18.6. The molecule has 0 saturated carbocycles. The minimum atomic E-state index is -0.460. The van der Waals surface area contributed by atoms with Crippen LogP contribution in [0.2, 0.25) is 0 Å². The van der Waals surface area contributed by atoms with Crippen LogP contribution >= 0.6 is 0 Å². The summed E-state index contributed by atoms with van der Waals surface area (Å²) in [6.07, 6.45) is 3.10. The summed E-state index contributed by atoms with van der Waals surface area (Å²) < 4.78 is 11.4. The van der Waals surface area contributed by atoms with E-state index in [1.165, 1.54) is 11.1 Å². The van der Waals surface area contributed by atoms with Crippen molar-refractivity contribution in [2.75, 3.05) is 31.6 Å². The first-order valence-corrected chi connectivity index (χ1v) is 9.46. The van der Waals surface area contributed by atoms with Crippen molar-refractivity contribution in [2.24, 2.45) is 0 Å². The first-order chi connectivity index (χ1) is 13.1. The van der Waals surface area contributed by atoms with E-state index in [9.17, 15) is 4.79 Å². The van der Waals surface area contributed by atoms with E-state index in [1.54, 1.807) is 6.20 Å². The lowest BCUT2D eigenvalue weighted by atomic mass is 10.0. The maximum Gasteiger partial charge on any atom is 0.255 e. The van der Waals surface area contributed by atoms with Gasteiger partial charge in [0.1, 0.15) is 5.82 Å². The Hall–Kier alpha value is -2.44. The Kier molecular flexibility index (Phi) is 5.09. The predicted molar refractivity (Wildman–Crippen MR) is 103 cm³/mol. The highest BCUT2D eigenvalue weighted by Crippen LogP contribution is 2.31. The average Bonchev–Trinajstić information content (AvgIpc) is 3.15. The van der Waals surface area contributed by atoms with E-state index in [-0.39, 0.29) is 5.91 Å². The van der Waals surface area contributed by atoms with Gasteiger partial charge in [0.2, 0.25) is 0 Å². The number of likely N-dealkylation sites (tertiary alicyclic amines) is 1. The van der Waals surface area contributed by atoms with Crippen molar-refractivity contribution >= 4 is 11.7 Å². The number of aromatic nitrogens is 1. The third-order valence-corrected chi connectivity index (χ3v) is 5.19. The van der Waals surface area contributed by atoms with Crippen LogP contribution in [0.25, 0.3) is 0 Å². The number of nitrogens with one attached hydrogen (secondary N) is 1. The van der Waals surface area contributed by atoms with E-state index in [0.717, 1.165) is 18.7 Å². The lowest BCUT2D eigenvalue weighted by Gasteiger charge is -2.37. The maximum absolute atomic E-state index is 12.7.